The van der Waals surface area contributed by atoms with Crippen LogP contribution in [-0.4, -0.2) is 18.2 Å². The highest BCUT2D eigenvalue weighted by molar-refractivity contribution is 5.85. The second-order valence-corrected chi connectivity index (χ2v) is 2.63. The molecule has 4 N–H and O–H groups in total. The van der Waals surface area contributed by atoms with Crippen molar-refractivity contribution >= 4 is 24.8 Å². The minimum atomic E-state index is 0. The number of benzene rings is 1. The number of halogens is 2. The van der Waals surface area contributed by atoms with Crippen LogP contribution in [0.4, 0.5) is 0 Å². The van der Waals surface area contributed by atoms with Crippen molar-refractivity contribution in [3.8, 4) is 5.75 Å². The molecule has 0 bridgehead atoms. The smallest absolute Gasteiger partial charge is 0.115 e. The number of hydrogen-bond donors (Lipinski definition) is 3. The summed E-state index contributed by atoms with van der Waals surface area (Å²) in [5.41, 5.74) is 6.47. The van der Waals surface area contributed by atoms with E-state index in [-0.39, 0.29) is 24.8 Å². The average Bonchev–Trinajstić information content (AvgIpc) is 2.09. The van der Waals surface area contributed by atoms with Crippen LogP contribution in [0.2, 0.25) is 0 Å². The standard InChI is InChI=1S/C9H14N2O.2ClH/c10-5-6-11-7-8-1-3-9(12)4-2-8;;/h1-4,11-12H,5-7,10H2;2*1H. The van der Waals surface area contributed by atoms with Gasteiger partial charge in [-0.2, -0.15) is 0 Å². The Kier molecular flexibility index (Phi) is 10.4. The third kappa shape index (κ3) is 6.05. The fourth-order valence-electron chi connectivity index (χ4n) is 0.949. The molecule has 1 aromatic rings. The van der Waals surface area contributed by atoms with Crippen LogP contribution in [0.25, 0.3) is 0 Å². The van der Waals surface area contributed by atoms with E-state index in [4.69, 9.17) is 10.8 Å². The summed E-state index contributed by atoms with van der Waals surface area (Å²) in [5, 5.41) is 12.2. The molecule has 0 saturated heterocycles. The van der Waals surface area contributed by atoms with Gasteiger partial charge in [0.2, 0.25) is 0 Å². The molecule has 0 aromatic heterocycles. The van der Waals surface area contributed by atoms with Gasteiger partial charge in [0.1, 0.15) is 5.75 Å². The molecule has 0 aliphatic heterocycles. The molecule has 5 heteroatoms. The summed E-state index contributed by atoms with van der Waals surface area (Å²) in [6.07, 6.45) is 0. The van der Waals surface area contributed by atoms with Crippen molar-refractivity contribution < 1.29 is 5.11 Å². The summed E-state index contributed by atoms with van der Waals surface area (Å²) in [6.45, 7) is 2.27. The molecule has 1 rings (SSSR count). The van der Waals surface area contributed by atoms with Crippen molar-refractivity contribution in [1.29, 1.82) is 0 Å². The van der Waals surface area contributed by atoms with E-state index in [1.54, 1.807) is 12.1 Å². The predicted octanol–water partition coefficient (Wildman–Crippen LogP) is 1.28. The van der Waals surface area contributed by atoms with Gasteiger partial charge in [0.15, 0.2) is 0 Å². The van der Waals surface area contributed by atoms with Crippen LogP contribution in [0.15, 0.2) is 24.3 Å². The molecule has 0 radical (unpaired) electrons. The zero-order valence-electron chi connectivity index (χ0n) is 7.77. The summed E-state index contributed by atoms with van der Waals surface area (Å²) in [7, 11) is 0. The third-order valence-electron chi connectivity index (χ3n) is 1.59. The molecule has 1 aromatic carbocycles. The van der Waals surface area contributed by atoms with E-state index in [2.05, 4.69) is 5.32 Å². The zero-order chi connectivity index (χ0) is 8.81. The molecule has 0 heterocycles. The summed E-state index contributed by atoms with van der Waals surface area (Å²) < 4.78 is 0. The van der Waals surface area contributed by atoms with Crippen LogP contribution in [0.3, 0.4) is 0 Å². The number of phenolic OH excluding ortho intramolecular Hbond substituents is 1. The maximum Gasteiger partial charge on any atom is 0.115 e. The Morgan fingerprint density at radius 1 is 1.14 bits per heavy atom. The summed E-state index contributed by atoms with van der Waals surface area (Å²) in [5.74, 6) is 0.303. The molecule has 0 unspecified atom stereocenters. The predicted molar refractivity (Wildman–Crippen MR) is 63.4 cm³/mol. The van der Waals surface area contributed by atoms with Gasteiger partial charge in [-0.15, -0.1) is 24.8 Å². The quantitative estimate of drug-likeness (QED) is 0.694. The highest BCUT2D eigenvalue weighted by atomic mass is 35.5. The first kappa shape index (κ1) is 16.0. The van der Waals surface area contributed by atoms with Gasteiger partial charge in [0.05, 0.1) is 0 Å². The molecule has 0 saturated carbocycles. The lowest BCUT2D eigenvalue weighted by atomic mass is 10.2. The molecule has 0 atom stereocenters. The SMILES string of the molecule is Cl.Cl.NCCNCc1ccc(O)cc1. The van der Waals surface area contributed by atoms with Crippen LogP contribution in [-0.2, 0) is 6.54 Å². The summed E-state index contributed by atoms with van der Waals surface area (Å²) >= 11 is 0. The third-order valence-corrected chi connectivity index (χ3v) is 1.59. The second kappa shape index (κ2) is 9.09. The minimum Gasteiger partial charge on any atom is -0.508 e. The number of phenols is 1. The lowest BCUT2D eigenvalue weighted by molar-refractivity contribution is 0.475. The number of nitrogens with one attached hydrogen (secondary N) is 1. The topological polar surface area (TPSA) is 58.3 Å². The van der Waals surface area contributed by atoms with E-state index in [1.807, 2.05) is 12.1 Å². The first-order valence-electron chi connectivity index (χ1n) is 4.01. The van der Waals surface area contributed by atoms with Gasteiger partial charge in [0, 0.05) is 19.6 Å². The van der Waals surface area contributed by atoms with E-state index in [1.165, 1.54) is 0 Å². The van der Waals surface area contributed by atoms with Gasteiger partial charge < -0.3 is 16.2 Å². The Hall–Kier alpha value is -0.480. The van der Waals surface area contributed by atoms with Crippen molar-refractivity contribution in [3.63, 3.8) is 0 Å². The Bertz CT molecular complexity index is 229. The maximum absolute atomic E-state index is 8.99. The van der Waals surface area contributed by atoms with Gasteiger partial charge in [-0.1, -0.05) is 12.1 Å². The van der Waals surface area contributed by atoms with Gasteiger partial charge in [0.25, 0.3) is 0 Å². The minimum absolute atomic E-state index is 0. The Labute approximate surface area is 96.5 Å². The normalized spacial score (nSPS) is 8.64. The van der Waals surface area contributed by atoms with Crippen LogP contribution in [0.5, 0.6) is 5.75 Å². The summed E-state index contributed by atoms with van der Waals surface area (Å²) in [4.78, 5) is 0. The molecule has 3 nitrogen and oxygen atoms in total. The molecular formula is C9H16Cl2N2O. The van der Waals surface area contributed by atoms with E-state index in [0.717, 1.165) is 18.7 Å². The molecule has 14 heavy (non-hydrogen) atoms. The number of aromatic hydroxyl groups is 1. The fourth-order valence-corrected chi connectivity index (χ4v) is 0.949. The van der Waals surface area contributed by atoms with Crippen molar-refractivity contribution in [2.75, 3.05) is 13.1 Å². The van der Waals surface area contributed by atoms with E-state index < -0.39 is 0 Å². The van der Waals surface area contributed by atoms with E-state index in [0.29, 0.717) is 12.3 Å². The Morgan fingerprint density at radius 2 is 1.71 bits per heavy atom. The maximum atomic E-state index is 8.99. The highest BCUT2D eigenvalue weighted by Crippen LogP contribution is 2.08. The number of nitrogens with two attached hydrogens (primary N) is 1. The average molecular weight is 239 g/mol. The second-order valence-electron chi connectivity index (χ2n) is 2.63. The first-order chi connectivity index (χ1) is 5.83. The first-order valence-corrected chi connectivity index (χ1v) is 4.01. The van der Waals surface area contributed by atoms with Gasteiger partial charge >= 0.3 is 0 Å². The molecule has 0 aliphatic carbocycles. The van der Waals surface area contributed by atoms with Crippen LogP contribution >= 0.6 is 24.8 Å². The number of hydrogen-bond acceptors (Lipinski definition) is 3. The van der Waals surface area contributed by atoms with Gasteiger partial charge in [-0.3, -0.25) is 0 Å². The molecule has 0 aliphatic rings. The van der Waals surface area contributed by atoms with Crippen LogP contribution < -0.4 is 11.1 Å². The van der Waals surface area contributed by atoms with E-state index >= 15 is 0 Å². The van der Waals surface area contributed by atoms with Crippen molar-refractivity contribution in [2.24, 2.45) is 5.73 Å². The van der Waals surface area contributed by atoms with Crippen molar-refractivity contribution in [1.82, 2.24) is 5.32 Å². The zero-order valence-corrected chi connectivity index (χ0v) is 9.40. The molecule has 0 amide bonds. The van der Waals surface area contributed by atoms with Crippen LogP contribution in [0, 0.1) is 0 Å². The lowest BCUT2D eigenvalue weighted by Gasteiger charge is -2.02. The van der Waals surface area contributed by atoms with Crippen molar-refractivity contribution in [3.05, 3.63) is 29.8 Å². The summed E-state index contributed by atoms with van der Waals surface area (Å²) in [6, 6.07) is 7.14. The lowest BCUT2D eigenvalue weighted by Crippen LogP contribution is -2.21. The Morgan fingerprint density at radius 3 is 2.21 bits per heavy atom. The van der Waals surface area contributed by atoms with Crippen LogP contribution in [0.1, 0.15) is 5.56 Å². The number of rotatable bonds is 4. The molecular weight excluding hydrogens is 223 g/mol. The highest BCUT2D eigenvalue weighted by Gasteiger charge is 1.91. The largest absolute Gasteiger partial charge is 0.508 e. The molecule has 82 valence electrons. The van der Waals surface area contributed by atoms with E-state index in [9.17, 15) is 0 Å². The van der Waals surface area contributed by atoms with Crippen molar-refractivity contribution in [2.45, 2.75) is 6.54 Å². The fraction of sp³-hybridized carbons (Fsp3) is 0.333. The molecule has 0 fully saturated rings. The Balaban J connectivity index is 0. The van der Waals surface area contributed by atoms with Gasteiger partial charge in [-0.25, -0.2) is 0 Å². The monoisotopic (exact) mass is 238 g/mol. The molecule has 0 spiro atoms. The van der Waals surface area contributed by atoms with Gasteiger partial charge in [-0.05, 0) is 17.7 Å².